The Kier molecular flexibility index (Phi) is 4.19. The lowest BCUT2D eigenvalue weighted by atomic mass is 10.1. The Morgan fingerprint density at radius 2 is 1.95 bits per heavy atom. The van der Waals surface area contributed by atoms with Gasteiger partial charge in [0.2, 0.25) is 0 Å². The molecule has 0 saturated carbocycles. The highest BCUT2D eigenvalue weighted by atomic mass is 19.1. The van der Waals surface area contributed by atoms with Crippen molar-refractivity contribution in [3.8, 4) is 6.07 Å². The molecule has 1 N–H and O–H groups in total. The van der Waals surface area contributed by atoms with Crippen LogP contribution in [0.2, 0.25) is 0 Å². The van der Waals surface area contributed by atoms with Gasteiger partial charge in [0.25, 0.3) is 0 Å². The van der Waals surface area contributed by atoms with E-state index < -0.39 is 11.8 Å². The predicted octanol–water partition coefficient (Wildman–Crippen LogP) is 3.03. The number of carbonyl (C=O) groups is 1. The molecule has 2 aromatic carbocycles. The van der Waals surface area contributed by atoms with E-state index in [0.717, 1.165) is 5.56 Å². The van der Waals surface area contributed by atoms with Crippen molar-refractivity contribution in [2.24, 2.45) is 0 Å². The van der Waals surface area contributed by atoms with Gasteiger partial charge in [-0.2, -0.15) is 5.26 Å². The van der Waals surface area contributed by atoms with Crippen molar-refractivity contribution < 1.29 is 14.3 Å². The van der Waals surface area contributed by atoms with Gasteiger partial charge >= 0.3 is 5.97 Å². The Bertz CT molecular complexity index is 705. The second-order valence-electron chi connectivity index (χ2n) is 4.64. The fourth-order valence-corrected chi connectivity index (χ4v) is 2.00. The lowest BCUT2D eigenvalue weighted by molar-refractivity contribution is 0.0697. The second kappa shape index (κ2) is 6.06. The van der Waals surface area contributed by atoms with Crippen LogP contribution < -0.4 is 4.90 Å². The molecule has 0 aliphatic heterocycles. The smallest absolute Gasteiger partial charge is 0.335 e. The summed E-state index contributed by atoms with van der Waals surface area (Å²) in [5.74, 6) is -1.44. The molecule has 0 aromatic heterocycles. The van der Waals surface area contributed by atoms with E-state index in [0.29, 0.717) is 12.2 Å². The zero-order valence-corrected chi connectivity index (χ0v) is 11.4. The maximum atomic E-state index is 13.9. The van der Waals surface area contributed by atoms with Gasteiger partial charge in [0.15, 0.2) is 0 Å². The molecule has 21 heavy (non-hydrogen) atoms. The number of rotatable bonds is 4. The summed E-state index contributed by atoms with van der Waals surface area (Å²) in [5.41, 5.74) is 1.74. The van der Waals surface area contributed by atoms with Crippen LogP contribution in [0.1, 0.15) is 21.5 Å². The average molecular weight is 284 g/mol. The first-order valence-electron chi connectivity index (χ1n) is 6.24. The van der Waals surface area contributed by atoms with Crippen LogP contribution >= 0.6 is 0 Å². The summed E-state index contributed by atoms with van der Waals surface area (Å²) in [7, 11) is 1.73. The van der Waals surface area contributed by atoms with Crippen molar-refractivity contribution in [3.05, 3.63) is 65.0 Å². The minimum absolute atomic E-state index is 0.214. The maximum absolute atomic E-state index is 13.9. The number of hydrogen-bond acceptors (Lipinski definition) is 3. The standard InChI is InChI=1S/C16H13FN2O2/c1-19(15-7-4-12(9-18)8-14(15)17)10-11-2-5-13(6-3-11)16(20)21/h2-8H,10H2,1H3,(H,20,21). The molecule has 0 radical (unpaired) electrons. The molecule has 0 fully saturated rings. The van der Waals surface area contributed by atoms with Gasteiger partial charge in [-0.25, -0.2) is 9.18 Å². The third-order valence-electron chi connectivity index (χ3n) is 3.11. The molecular weight excluding hydrogens is 271 g/mol. The van der Waals surface area contributed by atoms with E-state index in [4.69, 9.17) is 10.4 Å². The van der Waals surface area contributed by atoms with Crippen molar-refractivity contribution in [1.29, 1.82) is 5.26 Å². The molecule has 106 valence electrons. The minimum atomic E-state index is -0.979. The molecular formula is C16H13FN2O2. The fourth-order valence-electron chi connectivity index (χ4n) is 2.00. The number of anilines is 1. The molecule has 0 amide bonds. The number of halogens is 1. The van der Waals surface area contributed by atoms with Gasteiger partial charge in [-0.05, 0) is 35.9 Å². The van der Waals surface area contributed by atoms with Crippen LogP contribution in [-0.4, -0.2) is 18.1 Å². The van der Waals surface area contributed by atoms with Crippen LogP contribution in [0.15, 0.2) is 42.5 Å². The monoisotopic (exact) mass is 284 g/mol. The van der Waals surface area contributed by atoms with E-state index in [1.807, 2.05) is 6.07 Å². The van der Waals surface area contributed by atoms with Gasteiger partial charge in [0, 0.05) is 13.6 Å². The van der Waals surface area contributed by atoms with E-state index >= 15 is 0 Å². The number of hydrogen-bond donors (Lipinski definition) is 1. The summed E-state index contributed by atoms with van der Waals surface area (Å²) in [6.45, 7) is 0.433. The summed E-state index contributed by atoms with van der Waals surface area (Å²) < 4.78 is 13.9. The predicted molar refractivity (Wildman–Crippen MR) is 76.6 cm³/mol. The first kappa shape index (κ1) is 14.5. The van der Waals surface area contributed by atoms with E-state index in [1.54, 1.807) is 36.2 Å². The summed E-state index contributed by atoms with van der Waals surface area (Å²) >= 11 is 0. The molecule has 2 aromatic rings. The maximum Gasteiger partial charge on any atom is 0.335 e. The van der Waals surface area contributed by atoms with Gasteiger partial charge in [-0.3, -0.25) is 0 Å². The van der Waals surface area contributed by atoms with Crippen molar-refractivity contribution in [2.45, 2.75) is 6.54 Å². The Morgan fingerprint density at radius 3 is 2.48 bits per heavy atom. The summed E-state index contributed by atoms with van der Waals surface area (Å²) in [6, 6.07) is 12.6. The van der Waals surface area contributed by atoms with Crippen molar-refractivity contribution in [3.63, 3.8) is 0 Å². The van der Waals surface area contributed by atoms with Crippen LogP contribution in [0.5, 0.6) is 0 Å². The molecule has 0 unspecified atom stereocenters. The zero-order valence-electron chi connectivity index (χ0n) is 11.4. The first-order chi connectivity index (χ1) is 10.0. The van der Waals surface area contributed by atoms with Gasteiger partial charge in [-0.15, -0.1) is 0 Å². The van der Waals surface area contributed by atoms with Crippen LogP contribution in [-0.2, 0) is 6.54 Å². The third kappa shape index (κ3) is 3.37. The molecule has 5 heteroatoms. The number of carboxylic acids is 1. The van der Waals surface area contributed by atoms with Gasteiger partial charge in [0.1, 0.15) is 5.82 Å². The molecule has 0 atom stereocenters. The van der Waals surface area contributed by atoms with Crippen LogP contribution in [0.25, 0.3) is 0 Å². The molecule has 0 aliphatic rings. The van der Waals surface area contributed by atoms with E-state index in [2.05, 4.69) is 0 Å². The average Bonchev–Trinajstić information content (AvgIpc) is 2.47. The Hall–Kier alpha value is -2.87. The van der Waals surface area contributed by atoms with Crippen LogP contribution in [0.3, 0.4) is 0 Å². The quantitative estimate of drug-likeness (QED) is 0.937. The van der Waals surface area contributed by atoms with Crippen molar-refractivity contribution in [2.75, 3.05) is 11.9 Å². The second-order valence-corrected chi connectivity index (χ2v) is 4.64. The highest BCUT2D eigenvalue weighted by Crippen LogP contribution is 2.21. The molecule has 2 rings (SSSR count). The number of aromatic carboxylic acids is 1. The van der Waals surface area contributed by atoms with Gasteiger partial charge in [-0.1, -0.05) is 12.1 Å². The topological polar surface area (TPSA) is 64.3 Å². The molecule has 4 nitrogen and oxygen atoms in total. The number of nitriles is 1. The lowest BCUT2D eigenvalue weighted by Crippen LogP contribution is -2.17. The van der Waals surface area contributed by atoms with E-state index in [-0.39, 0.29) is 11.1 Å². The summed E-state index contributed by atoms with van der Waals surface area (Å²) in [6.07, 6.45) is 0. The summed E-state index contributed by atoms with van der Waals surface area (Å²) in [4.78, 5) is 12.5. The lowest BCUT2D eigenvalue weighted by Gasteiger charge is -2.20. The highest BCUT2D eigenvalue weighted by molar-refractivity contribution is 5.87. The minimum Gasteiger partial charge on any atom is -0.478 e. The largest absolute Gasteiger partial charge is 0.478 e. The molecule has 0 heterocycles. The van der Waals surface area contributed by atoms with Crippen LogP contribution in [0.4, 0.5) is 10.1 Å². The number of carboxylic acid groups (broad SMARTS) is 1. The summed E-state index contributed by atoms with van der Waals surface area (Å²) in [5, 5.41) is 17.6. The molecule has 0 spiro atoms. The van der Waals surface area contributed by atoms with Gasteiger partial charge < -0.3 is 10.0 Å². The normalized spacial score (nSPS) is 9.95. The molecule has 0 aliphatic carbocycles. The zero-order chi connectivity index (χ0) is 15.4. The molecule has 0 saturated heterocycles. The highest BCUT2D eigenvalue weighted by Gasteiger charge is 2.09. The van der Waals surface area contributed by atoms with E-state index in [1.165, 1.54) is 18.2 Å². The fraction of sp³-hybridized carbons (Fsp3) is 0.125. The SMILES string of the molecule is CN(Cc1ccc(C(=O)O)cc1)c1ccc(C#N)cc1F. The molecule has 0 bridgehead atoms. The Balaban J connectivity index is 2.16. The van der Waals surface area contributed by atoms with Crippen LogP contribution in [0, 0.1) is 17.1 Å². The Labute approximate surface area is 121 Å². The number of benzene rings is 2. The van der Waals surface area contributed by atoms with E-state index in [9.17, 15) is 9.18 Å². The first-order valence-corrected chi connectivity index (χ1v) is 6.24. The van der Waals surface area contributed by atoms with Crippen molar-refractivity contribution in [1.82, 2.24) is 0 Å². The van der Waals surface area contributed by atoms with Gasteiger partial charge in [0.05, 0.1) is 22.9 Å². The third-order valence-corrected chi connectivity index (χ3v) is 3.11. The number of nitrogens with zero attached hydrogens (tertiary/aromatic N) is 2. The van der Waals surface area contributed by atoms with Crippen molar-refractivity contribution >= 4 is 11.7 Å². The Morgan fingerprint density at radius 1 is 1.29 bits per heavy atom.